The van der Waals surface area contributed by atoms with Gasteiger partial charge in [-0.2, -0.15) is 0 Å². The Kier molecular flexibility index (Phi) is 4.03. The Bertz CT molecular complexity index is 768. The summed E-state index contributed by atoms with van der Waals surface area (Å²) in [6, 6.07) is 3.66. The molecule has 0 aliphatic heterocycles. The number of rotatable bonds is 3. The van der Waals surface area contributed by atoms with Crippen LogP contribution in [-0.4, -0.2) is 13.4 Å². The first-order valence-electron chi connectivity index (χ1n) is 5.18. The second-order valence-electron chi connectivity index (χ2n) is 3.73. The van der Waals surface area contributed by atoms with E-state index < -0.39 is 15.8 Å². The number of sulfonamides is 1. The van der Waals surface area contributed by atoms with Crippen LogP contribution in [0.3, 0.4) is 0 Å². The molecule has 0 radical (unpaired) electrons. The third-order valence-electron chi connectivity index (χ3n) is 2.40. The summed E-state index contributed by atoms with van der Waals surface area (Å²) < 4.78 is 39.8. The first-order valence-corrected chi connectivity index (χ1v) is 7.42. The molecule has 0 amide bonds. The molecule has 2 rings (SSSR count). The van der Waals surface area contributed by atoms with E-state index in [1.54, 1.807) is 0 Å². The lowest BCUT2D eigenvalue weighted by molar-refractivity contribution is 0.598. The largest absolute Gasteiger partial charge is 0.396 e. The second kappa shape index (κ2) is 5.43. The van der Waals surface area contributed by atoms with Gasteiger partial charge in [0.2, 0.25) is 0 Å². The van der Waals surface area contributed by atoms with E-state index >= 15 is 0 Å². The lowest BCUT2D eigenvalue weighted by Gasteiger charge is -2.11. The molecular weight excluding hydrogens is 328 g/mol. The number of benzene rings is 1. The van der Waals surface area contributed by atoms with Crippen molar-refractivity contribution >= 4 is 44.6 Å². The van der Waals surface area contributed by atoms with E-state index in [1.807, 2.05) is 0 Å². The SMILES string of the molecule is Nc1c(Cl)ccc(S(=O)(=O)Nc2ccncc2F)c1Cl. The van der Waals surface area contributed by atoms with Crippen LogP contribution in [0.1, 0.15) is 0 Å². The molecule has 9 heteroatoms. The van der Waals surface area contributed by atoms with Crippen molar-refractivity contribution in [2.45, 2.75) is 4.90 Å². The fourth-order valence-electron chi connectivity index (χ4n) is 1.41. The molecule has 1 heterocycles. The Balaban J connectivity index is 2.47. The first-order chi connectivity index (χ1) is 9.33. The lowest BCUT2D eigenvalue weighted by atomic mass is 10.3. The van der Waals surface area contributed by atoms with Gasteiger partial charge in [0.1, 0.15) is 4.90 Å². The van der Waals surface area contributed by atoms with E-state index in [-0.39, 0.29) is 26.3 Å². The van der Waals surface area contributed by atoms with Crippen LogP contribution in [-0.2, 0) is 10.0 Å². The second-order valence-corrected chi connectivity index (χ2v) is 6.17. The van der Waals surface area contributed by atoms with E-state index in [1.165, 1.54) is 24.4 Å². The maximum atomic E-state index is 13.4. The van der Waals surface area contributed by atoms with Gasteiger partial charge >= 0.3 is 0 Å². The molecule has 5 nitrogen and oxygen atoms in total. The number of nitrogens with zero attached hydrogens (tertiary/aromatic N) is 1. The van der Waals surface area contributed by atoms with Crippen molar-refractivity contribution in [2.75, 3.05) is 10.5 Å². The molecule has 0 atom stereocenters. The monoisotopic (exact) mass is 335 g/mol. The molecule has 0 spiro atoms. The number of nitrogens with two attached hydrogens (primary N) is 1. The van der Waals surface area contributed by atoms with E-state index in [2.05, 4.69) is 9.71 Å². The highest BCUT2D eigenvalue weighted by atomic mass is 35.5. The molecule has 1 aromatic carbocycles. The summed E-state index contributed by atoms with van der Waals surface area (Å²) in [6.45, 7) is 0. The Hall–Kier alpha value is -1.57. The Morgan fingerprint density at radius 1 is 1.25 bits per heavy atom. The highest BCUT2D eigenvalue weighted by molar-refractivity contribution is 7.92. The lowest BCUT2D eigenvalue weighted by Crippen LogP contribution is -2.15. The van der Waals surface area contributed by atoms with Crippen LogP contribution < -0.4 is 10.5 Å². The molecule has 0 bridgehead atoms. The van der Waals surface area contributed by atoms with Crippen molar-refractivity contribution in [2.24, 2.45) is 0 Å². The molecule has 0 saturated heterocycles. The molecule has 0 aliphatic rings. The van der Waals surface area contributed by atoms with Gasteiger partial charge in [-0.05, 0) is 18.2 Å². The van der Waals surface area contributed by atoms with Gasteiger partial charge in [0.15, 0.2) is 5.82 Å². The average molecular weight is 336 g/mol. The normalized spacial score (nSPS) is 11.3. The van der Waals surface area contributed by atoms with Crippen LogP contribution in [0.15, 0.2) is 35.5 Å². The molecule has 0 aliphatic carbocycles. The maximum absolute atomic E-state index is 13.4. The molecule has 106 valence electrons. The third-order valence-corrected chi connectivity index (χ3v) is 4.65. The minimum absolute atomic E-state index is 0.0635. The average Bonchev–Trinajstić information content (AvgIpc) is 2.38. The summed E-state index contributed by atoms with van der Waals surface area (Å²) in [6.07, 6.45) is 2.13. The minimum Gasteiger partial charge on any atom is -0.396 e. The van der Waals surface area contributed by atoms with Crippen molar-refractivity contribution in [3.05, 3.63) is 46.5 Å². The molecule has 1 aromatic heterocycles. The predicted molar refractivity (Wildman–Crippen MR) is 75.9 cm³/mol. The summed E-state index contributed by atoms with van der Waals surface area (Å²) in [7, 11) is -4.09. The zero-order valence-electron chi connectivity index (χ0n) is 9.77. The number of hydrogen-bond donors (Lipinski definition) is 2. The van der Waals surface area contributed by atoms with Crippen LogP contribution >= 0.6 is 23.2 Å². The molecule has 3 N–H and O–H groups in total. The van der Waals surface area contributed by atoms with Gasteiger partial charge in [-0.1, -0.05) is 23.2 Å². The fourth-order valence-corrected chi connectivity index (χ4v) is 3.25. The van der Waals surface area contributed by atoms with Gasteiger partial charge in [0.05, 0.1) is 27.6 Å². The van der Waals surface area contributed by atoms with Gasteiger partial charge in [-0.15, -0.1) is 0 Å². The maximum Gasteiger partial charge on any atom is 0.263 e. The van der Waals surface area contributed by atoms with Crippen LogP contribution in [0.2, 0.25) is 10.0 Å². The quantitative estimate of drug-likeness (QED) is 0.844. The van der Waals surface area contributed by atoms with Crippen molar-refractivity contribution in [1.29, 1.82) is 0 Å². The highest BCUT2D eigenvalue weighted by Gasteiger charge is 2.22. The smallest absolute Gasteiger partial charge is 0.263 e. The van der Waals surface area contributed by atoms with Gasteiger partial charge in [-0.3, -0.25) is 9.71 Å². The van der Waals surface area contributed by atoms with E-state index in [4.69, 9.17) is 28.9 Å². The summed E-state index contributed by atoms with van der Waals surface area (Å²) in [5, 5.41) is -0.0940. The number of pyridine rings is 1. The van der Waals surface area contributed by atoms with Gasteiger partial charge in [0.25, 0.3) is 10.0 Å². The number of aromatic nitrogens is 1. The van der Waals surface area contributed by atoms with Crippen molar-refractivity contribution < 1.29 is 12.8 Å². The topological polar surface area (TPSA) is 85.1 Å². The molecule has 2 aromatic rings. The van der Waals surface area contributed by atoms with Crippen molar-refractivity contribution in [3.63, 3.8) is 0 Å². The van der Waals surface area contributed by atoms with Crippen LogP contribution in [0, 0.1) is 5.82 Å². The van der Waals surface area contributed by atoms with Crippen LogP contribution in [0.25, 0.3) is 0 Å². The Morgan fingerprint density at radius 2 is 1.95 bits per heavy atom. The Morgan fingerprint density at radius 3 is 2.60 bits per heavy atom. The molecule has 0 unspecified atom stereocenters. The summed E-state index contributed by atoms with van der Waals surface area (Å²) in [5.41, 5.74) is 5.25. The number of nitrogen functional groups attached to an aromatic ring is 1. The molecule has 20 heavy (non-hydrogen) atoms. The zero-order valence-corrected chi connectivity index (χ0v) is 12.1. The summed E-state index contributed by atoms with van der Waals surface area (Å²) >= 11 is 11.6. The number of halogens is 3. The van der Waals surface area contributed by atoms with E-state index in [9.17, 15) is 12.8 Å². The standard InChI is InChI=1S/C11H8Cl2FN3O2S/c12-6-1-2-9(10(13)11(6)15)20(18,19)17-8-3-4-16-5-7(8)14/h1-5H,15H2,(H,16,17). The zero-order chi connectivity index (χ0) is 14.9. The molecular formula is C11H8Cl2FN3O2S. The van der Waals surface area contributed by atoms with Crippen molar-refractivity contribution in [3.8, 4) is 0 Å². The Labute approximate surface area is 124 Å². The number of nitrogens with one attached hydrogen (secondary N) is 1. The van der Waals surface area contributed by atoms with Gasteiger partial charge < -0.3 is 5.73 Å². The summed E-state index contributed by atoms with van der Waals surface area (Å²) in [5.74, 6) is -0.811. The number of anilines is 2. The third kappa shape index (κ3) is 2.79. The van der Waals surface area contributed by atoms with Gasteiger partial charge in [0, 0.05) is 6.20 Å². The molecule has 0 saturated carbocycles. The summed E-state index contributed by atoms with van der Waals surface area (Å²) in [4.78, 5) is 3.22. The van der Waals surface area contributed by atoms with Crippen molar-refractivity contribution in [1.82, 2.24) is 4.98 Å². The predicted octanol–water partition coefficient (Wildman–Crippen LogP) is 2.91. The number of hydrogen-bond acceptors (Lipinski definition) is 4. The first kappa shape index (κ1) is 14.8. The highest BCUT2D eigenvalue weighted by Crippen LogP contribution is 2.34. The minimum atomic E-state index is -4.09. The molecule has 0 fully saturated rings. The fraction of sp³-hybridized carbons (Fsp3) is 0. The van der Waals surface area contributed by atoms with Crippen LogP contribution in [0.5, 0.6) is 0 Å². The van der Waals surface area contributed by atoms with E-state index in [0.29, 0.717) is 0 Å². The van der Waals surface area contributed by atoms with Crippen LogP contribution in [0.4, 0.5) is 15.8 Å². The van der Waals surface area contributed by atoms with Gasteiger partial charge in [-0.25, -0.2) is 12.8 Å². The van der Waals surface area contributed by atoms with E-state index in [0.717, 1.165) is 6.20 Å².